The third-order valence-corrected chi connectivity index (χ3v) is 3.50. The summed E-state index contributed by atoms with van der Waals surface area (Å²) in [5.41, 5.74) is 0.943. The molecule has 3 rings (SSSR count). The van der Waals surface area contributed by atoms with Gasteiger partial charge in [-0.3, -0.25) is 4.79 Å². The molecule has 3 heterocycles. The highest BCUT2D eigenvalue weighted by Crippen LogP contribution is 2.24. The van der Waals surface area contributed by atoms with Crippen molar-refractivity contribution in [1.82, 2.24) is 25.1 Å². The van der Waals surface area contributed by atoms with Crippen molar-refractivity contribution in [2.45, 2.75) is 19.9 Å². The number of aromatic nitrogens is 4. The summed E-state index contributed by atoms with van der Waals surface area (Å²) in [4.78, 5) is 24.7. The van der Waals surface area contributed by atoms with Crippen molar-refractivity contribution in [3.63, 3.8) is 0 Å². The zero-order valence-electron chi connectivity index (χ0n) is 11.5. The Morgan fingerprint density at radius 3 is 2.62 bits per heavy atom. The summed E-state index contributed by atoms with van der Waals surface area (Å²) in [6.45, 7) is 4.31. The molecule has 1 saturated heterocycles. The van der Waals surface area contributed by atoms with E-state index < -0.39 is 5.97 Å². The van der Waals surface area contributed by atoms with E-state index in [0.29, 0.717) is 30.1 Å². The number of aromatic carboxylic acids is 1. The van der Waals surface area contributed by atoms with Crippen LogP contribution < -0.4 is 0 Å². The van der Waals surface area contributed by atoms with Crippen molar-refractivity contribution in [1.29, 1.82) is 0 Å². The van der Waals surface area contributed by atoms with E-state index in [9.17, 15) is 9.59 Å². The molecule has 0 bridgehead atoms. The molecule has 0 radical (unpaired) electrons. The molecule has 1 N–H and O–H groups in total. The number of likely N-dealkylation sites (tertiary alicyclic amines) is 1. The predicted octanol–water partition coefficient (Wildman–Crippen LogP) is 0.278. The van der Waals surface area contributed by atoms with E-state index in [1.807, 2.05) is 0 Å². The number of aryl methyl sites for hydroxylation is 2. The van der Waals surface area contributed by atoms with Crippen LogP contribution in [-0.4, -0.2) is 55.1 Å². The number of carbonyl (C=O) groups excluding carboxylic acids is 1. The molecule has 0 unspecified atom stereocenters. The fourth-order valence-corrected chi connectivity index (χ4v) is 2.29. The second-order valence-electron chi connectivity index (χ2n) is 4.95. The lowest BCUT2D eigenvalue weighted by Gasteiger charge is -2.38. The van der Waals surface area contributed by atoms with Gasteiger partial charge in [-0.25, -0.2) is 9.48 Å². The Labute approximate surface area is 119 Å². The first kappa shape index (κ1) is 13.3. The number of hydrogen-bond acceptors (Lipinski definition) is 6. The number of hydrogen-bond donors (Lipinski definition) is 1. The summed E-state index contributed by atoms with van der Waals surface area (Å²) in [5, 5.41) is 19.9. The molecule has 0 atom stereocenters. The highest BCUT2D eigenvalue weighted by atomic mass is 16.5. The maximum Gasteiger partial charge on any atom is 0.358 e. The topological polar surface area (TPSA) is 114 Å². The SMILES string of the molecule is Cc1noc(C)c1C(=O)N1CC(n2cc(C(=O)O)nn2)C1. The van der Waals surface area contributed by atoms with Crippen LogP contribution in [0.25, 0.3) is 0 Å². The second kappa shape index (κ2) is 4.69. The molecule has 0 saturated carbocycles. The lowest BCUT2D eigenvalue weighted by atomic mass is 10.1. The highest BCUT2D eigenvalue weighted by Gasteiger charge is 2.35. The van der Waals surface area contributed by atoms with Crippen molar-refractivity contribution >= 4 is 11.9 Å². The fourth-order valence-electron chi connectivity index (χ4n) is 2.29. The van der Waals surface area contributed by atoms with Crippen LogP contribution in [0, 0.1) is 13.8 Å². The molecule has 9 nitrogen and oxygen atoms in total. The number of amides is 1. The van der Waals surface area contributed by atoms with E-state index in [1.54, 1.807) is 18.7 Å². The van der Waals surface area contributed by atoms with E-state index in [2.05, 4.69) is 15.5 Å². The first-order chi connectivity index (χ1) is 9.97. The Balaban J connectivity index is 1.68. The first-order valence-corrected chi connectivity index (χ1v) is 6.34. The number of carboxylic acids is 1. The van der Waals surface area contributed by atoms with Gasteiger partial charge >= 0.3 is 5.97 Å². The Morgan fingerprint density at radius 1 is 1.38 bits per heavy atom. The van der Waals surface area contributed by atoms with Gasteiger partial charge in [-0.1, -0.05) is 10.4 Å². The van der Waals surface area contributed by atoms with Crippen LogP contribution >= 0.6 is 0 Å². The Morgan fingerprint density at radius 2 is 2.10 bits per heavy atom. The van der Waals surface area contributed by atoms with Crippen LogP contribution in [0.2, 0.25) is 0 Å². The summed E-state index contributed by atoms with van der Waals surface area (Å²) in [6.07, 6.45) is 1.37. The standard InChI is InChI=1S/C12H13N5O4/c1-6-10(7(2)21-14-6)11(18)16-3-8(4-16)17-5-9(12(19)20)13-15-17/h5,8H,3-4H2,1-2H3,(H,19,20). The zero-order chi connectivity index (χ0) is 15.1. The minimum absolute atomic E-state index is 0.0602. The van der Waals surface area contributed by atoms with E-state index in [0.717, 1.165) is 0 Å². The molecule has 1 fully saturated rings. The molecule has 0 spiro atoms. The minimum Gasteiger partial charge on any atom is -0.476 e. The van der Waals surface area contributed by atoms with E-state index in [4.69, 9.17) is 9.63 Å². The molecule has 2 aromatic heterocycles. The third-order valence-electron chi connectivity index (χ3n) is 3.50. The molecule has 0 aliphatic carbocycles. The number of rotatable bonds is 3. The Bertz CT molecular complexity index is 694. The Hall–Kier alpha value is -2.71. The molecule has 21 heavy (non-hydrogen) atoms. The first-order valence-electron chi connectivity index (χ1n) is 6.34. The van der Waals surface area contributed by atoms with Crippen molar-refractivity contribution in [3.05, 3.63) is 28.9 Å². The largest absolute Gasteiger partial charge is 0.476 e. The minimum atomic E-state index is -1.12. The normalized spacial score (nSPS) is 15.0. The molecule has 110 valence electrons. The molecule has 0 aromatic carbocycles. The third kappa shape index (κ3) is 2.16. The number of nitrogens with zero attached hydrogens (tertiary/aromatic N) is 5. The average Bonchev–Trinajstić information content (AvgIpc) is 2.95. The van der Waals surface area contributed by atoms with Gasteiger partial charge in [0, 0.05) is 13.1 Å². The van der Waals surface area contributed by atoms with E-state index in [1.165, 1.54) is 10.9 Å². The van der Waals surface area contributed by atoms with Crippen LogP contribution in [0.1, 0.15) is 38.3 Å². The van der Waals surface area contributed by atoms with Gasteiger partial charge in [0.2, 0.25) is 0 Å². The van der Waals surface area contributed by atoms with Crippen LogP contribution in [0.5, 0.6) is 0 Å². The summed E-state index contributed by atoms with van der Waals surface area (Å²) < 4.78 is 6.46. The number of carbonyl (C=O) groups is 2. The average molecular weight is 291 g/mol. The second-order valence-corrected chi connectivity index (χ2v) is 4.95. The molecule has 1 aliphatic heterocycles. The Kier molecular flexibility index (Phi) is 2.96. The van der Waals surface area contributed by atoms with Crippen molar-refractivity contribution < 1.29 is 19.2 Å². The summed E-state index contributed by atoms with van der Waals surface area (Å²) in [5.74, 6) is -0.764. The molecule has 2 aromatic rings. The maximum atomic E-state index is 12.3. The van der Waals surface area contributed by atoms with Crippen molar-refractivity contribution in [3.8, 4) is 0 Å². The smallest absolute Gasteiger partial charge is 0.358 e. The maximum absolute atomic E-state index is 12.3. The van der Waals surface area contributed by atoms with Crippen LogP contribution in [-0.2, 0) is 0 Å². The molecule has 1 aliphatic rings. The quantitative estimate of drug-likeness (QED) is 0.863. The monoisotopic (exact) mass is 291 g/mol. The van der Waals surface area contributed by atoms with E-state index in [-0.39, 0.29) is 17.6 Å². The zero-order valence-corrected chi connectivity index (χ0v) is 11.5. The van der Waals surface area contributed by atoms with Gasteiger partial charge in [0.25, 0.3) is 5.91 Å². The van der Waals surface area contributed by atoms with Crippen LogP contribution in [0.3, 0.4) is 0 Å². The molecular weight excluding hydrogens is 278 g/mol. The van der Waals surface area contributed by atoms with Crippen molar-refractivity contribution in [2.75, 3.05) is 13.1 Å². The fraction of sp³-hybridized carbons (Fsp3) is 0.417. The predicted molar refractivity (Wildman–Crippen MR) is 67.9 cm³/mol. The lowest BCUT2D eigenvalue weighted by Crippen LogP contribution is -2.51. The van der Waals surface area contributed by atoms with E-state index >= 15 is 0 Å². The van der Waals surface area contributed by atoms with Gasteiger partial charge in [-0.05, 0) is 13.8 Å². The number of carboxylic acid groups (broad SMARTS) is 1. The van der Waals surface area contributed by atoms with Gasteiger partial charge in [0.1, 0.15) is 11.3 Å². The van der Waals surface area contributed by atoms with Crippen LogP contribution in [0.4, 0.5) is 0 Å². The molecule has 1 amide bonds. The van der Waals surface area contributed by atoms with Gasteiger partial charge < -0.3 is 14.5 Å². The van der Waals surface area contributed by atoms with Gasteiger partial charge in [-0.15, -0.1) is 5.10 Å². The summed E-state index contributed by atoms with van der Waals surface area (Å²) >= 11 is 0. The van der Waals surface area contributed by atoms with Gasteiger partial charge in [0.05, 0.1) is 17.9 Å². The van der Waals surface area contributed by atoms with Gasteiger partial charge in [0.15, 0.2) is 5.69 Å². The van der Waals surface area contributed by atoms with Crippen molar-refractivity contribution in [2.24, 2.45) is 0 Å². The molecule has 9 heteroatoms. The lowest BCUT2D eigenvalue weighted by molar-refractivity contribution is 0.0495. The highest BCUT2D eigenvalue weighted by molar-refractivity contribution is 5.96. The summed E-state index contributed by atoms with van der Waals surface area (Å²) in [6, 6.07) is -0.0602. The van der Waals surface area contributed by atoms with Gasteiger partial charge in [-0.2, -0.15) is 0 Å². The molecular formula is C12H13N5O4. The van der Waals surface area contributed by atoms with Crippen LogP contribution in [0.15, 0.2) is 10.7 Å². The summed E-state index contributed by atoms with van der Waals surface area (Å²) in [7, 11) is 0.